The van der Waals surface area contributed by atoms with Gasteiger partial charge in [-0.3, -0.25) is 0 Å². The maximum absolute atomic E-state index is 11.9. The van der Waals surface area contributed by atoms with Gasteiger partial charge in [-0.25, -0.2) is 8.42 Å². The Morgan fingerprint density at radius 3 is 2.40 bits per heavy atom. The van der Waals surface area contributed by atoms with Crippen LogP contribution in [0.3, 0.4) is 0 Å². The Hall–Kier alpha value is -0.0900. The van der Waals surface area contributed by atoms with Crippen molar-refractivity contribution in [1.82, 2.24) is 5.32 Å². The zero-order valence-electron chi connectivity index (χ0n) is 13.9. The van der Waals surface area contributed by atoms with Crippen molar-refractivity contribution in [3.05, 3.63) is 0 Å². The van der Waals surface area contributed by atoms with Gasteiger partial charge in [0.15, 0.2) is 0 Å². The predicted octanol–water partition coefficient (Wildman–Crippen LogP) is 3.25. The largest absolute Gasteiger partial charge is 0.317 e. The highest BCUT2D eigenvalue weighted by molar-refractivity contribution is 7.91. The van der Waals surface area contributed by atoms with E-state index >= 15 is 0 Å². The Morgan fingerprint density at radius 1 is 1.20 bits per heavy atom. The highest BCUT2D eigenvalue weighted by Gasteiger charge is 2.38. The number of hydrogen-bond donors (Lipinski definition) is 1. The van der Waals surface area contributed by atoms with Crippen LogP contribution in [0.5, 0.6) is 0 Å². The second-order valence-corrected chi connectivity index (χ2v) is 9.61. The summed E-state index contributed by atoms with van der Waals surface area (Å²) in [4.78, 5) is 0. The van der Waals surface area contributed by atoms with Gasteiger partial charge in [-0.05, 0) is 50.0 Å². The second-order valence-electron chi connectivity index (χ2n) is 7.31. The number of nitrogens with one attached hydrogen (secondary N) is 1. The summed E-state index contributed by atoms with van der Waals surface area (Å²) in [6.07, 6.45) is 5.21. The summed E-state index contributed by atoms with van der Waals surface area (Å²) in [5.41, 5.74) is 0.0919. The number of rotatable bonds is 7. The Balaban J connectivity index is 2.67. The van der Waals surface area contributed by atoms with Crippen LogP contribution in [-0.4, -0.2) is 33.0 Å². The molecule has 0 aromatic carbocycles. The molecule has 0 aromatic heterocycles. The van der Waals surface area contributed by atoms with E-state index in [-0.39, 0.29) is 5.41 Å². The van der Waals surface area contributed by atoms with Gasteiger partial charge in [0.25, 0.3) is 0 Å². The van der Waals surface area contributed by atoms with E-state index in [1.54, 1.807) is 0 Å². The molecule has 1 aliphatic carbocycles. The molecule has 3 atom stereocenters. The van der Waals surface area contributed by atoms with Gasteiger partial charge in [0, 0.05) is 11.8 Å². The van der Waals surface area contributed by atoms with Crippen molar-refractivity contribution in [3.63, 3.8) is 0 Å². The molecule has 0 heterocycles. The molecule has 0 bridgehead atoms. The molecule has 3 nitrogen and oxygen atoms in total. The average molecular weight is 304 g/mol. The minimum atomic E-state index is -2.86. The third kappa shape index (κ3) is 5.03. The molecule has 120 valence electrons. The quantitative estimate of drug-likeness (QED) is 0.785. The molecule has 1 saturated carbocycles. The van der Waals surface area contributed by atoms with Gasteiger partial charge in [0.05, 0.1) is 5.75 Å². The molecule has 0 saturated heterocycles. The van der Waals surface area contributed by atoms with Crippen LogP contribution in [-0.2, 0) is 9.84 Å². The second kappa shape index (κ2) is 7.26. The van der Waals surface area contributed by atoms with Crippen molar-refractivity contribution >= 4 is 9.84 Å². The summed E-state index contributed by atoms with van der Waals surface area (Å²) in [7, 11) is -0.818. The van der Waals surface area contributed by atoms with E-state index in [0.29, 0.717) is 23.5 Å². The Morgan fingerprint density at radius 2 is 1.85 bits per heavy atom. The summed E-state index contributed by atoms with van der Waals surface area (Å²) in [6.45, 7) is 8.75. The van der Waals surface area contributed by atoms with Gasteiger partial charge < -0.3 is 5.32 Å². The van der Waals surface area contributed by atoms with Gasteiger partial charge in [-0.1, -0.05) is 34.1 Å². The molecule has 0 radical (unpaired) electrons. The van der Waals surface area contributed by atoms with Crippen LogP contribution < -0.4 is 5.32 Å². The number of sulfone groups is 1. The monoisotopic (exact) mass is 303 g/mol. The van der Waals surface area contributed by atoms with Crippen LogP contribution in [0.4, 0.5) is 0 Å². The zero-order chi connectivity index (χ0) is 15.4. The van der Waals surface area contributed by atoms with Gasteiger partial charge >= 0.3 is 0 Å². The van der Waals surface area contributed by atoms with Crippen molar-refractivity contribution in [1.29, 1.82) is 0 Å². The van der Waals surface area contributed by atoms with E-state index in [0.717, 1.165) is 18.8 Å². The van der Waals surface area contributed by atoms with Crippen molar-refractivity contribution in [2.45, 2.75) is 65.8 Å². The SMILES string of the molecule is CCCS(=O)(=O)CCC(C)(C)C1CCC(C)CC1NC. The Kier molecular flexibility index (Phi) is 6.52. The standard InChI is InChI=1S/C16H33NO2S/c1-6-10-20(18,19)11-9-16(3,4)14-8-7-13(2)12-15(14)17-5/h13-15,17H,6-12H2,1-5H3. The summed E-state index contributed by atoms with van der Waals surface area (Å²) < 4.78 is 23.9. The van der Waals surface area contributed by atoms with Crippen molar-refractivity contribution < 1.29 is 8.42 Å². The molecule has 0 spiro atoms. The van der Waals surface area contributed by atoms with Gasteiger partial charge in [-0.2, -0.15) is 0 Å². The Labute approximate surface area is 125 Å². The van der Waals surface area contributed by atoms with E-state index in [9.17, 15) is 8.42 Å². The smallest absolute Gasteiger partial charge is 0.150 e. The predicted molar refractivity (Wildman–Crippen MR) is 86.7 cm³/mol. The van der Waals surface area contributed by atoms with Crippen LogP contribution in [0, 0.1) is 17.3 Å². The fourth-order valence-corrected chi connectivity index (χ4v) is 5.32. The summed E-state index contributed by atoms with van der Waals surface area (Å²) in [5.74, 6) is 2.04. The highest BCUT2D eigenvalue weighted by atomic mass is 32.2. The lowest BCUT2D eigenvalue weighted by Crippen LogP contribution is -2.46. The van der Waals surface area contributed by atoms with E-state index in [1.807, 2.05) is 14.0 Å². The average Bonchev–Trinajstić information content (AvgIpc) is 2.36. The van der Waals surface area contributed by atoms with Gasteiger partial charge in [0.1, 0.15) is 9.84 Å². The highest BCUT2D eigenvalue weighted by Crippen LogP contribution is 2.42. The normalized spacial score (nSPS) is 28.6. The molecular formula is C16H33NO2S. The molecule has 1 fully saturated rings. The molecule has 20 heavy (non-hydrogen) atoms. The molecule has 3 unspecified atom stereocenters. The van der Waals surface area contributed by atoms with Crippen molar-refractivity contribution in [2.24, 2.45) is 17.3 Å². The minimum absolute atomic E-state index is 0.0919. The fourth-order valence-electron chi connectivity index (χ4n) is 3.65. The van der Waals surface area contributed by atoms with Crippen LogP contribution in [0.1, 0.15) is 59.8 Å². The van der Waals surface area contributed by atoms with Crippen molar-refractivity contribution in [3.8, 4) is 0 Å². The molecule has 1 N–H and O–H groups in total. The minimum Gasteiger partial charge on any atom is -0.317 e. The lowest BCUT2D eigenvalue weighted by molar-refractivity contribution is 0.0952. The lowest BCUT2D eigenvalue weighted by Gasteiger charge is -2.44. The number of hydrogen-bond acceptors (Lipinski definition) is 3. The molecular weight excluding hydrogens is 270 g/mol. The summed E-state index contributed by atoms with van der Waals surface area (Å²) in [5, 5.41) is 3.46. The maximum atomic E-state index is 11.9. The molecule has 4 heteroatoms. The molecule has 1 rings (SSSR count). The van der Waals surface area contributed by atoms with Crippen LogP contribution in [0.2, 0.25) is 0 Å². The fraction of sp³-hybridized carbons (Fsp3) is 1.00. The van der Waals surface area contributed by atoms with E-state index in [4.69, 9.17) is 0 Å². The molecule has 0 amide bonds. The molecule has 1 aliphatic rings. The van der Waals surface area contributed by atoms with E-state index in [2.05, 4.69) is 26.1 Å². The van der Waals surface area contributed by atoms with Gasteiger partial charge in [0.2, 0.25) is 0 Å². The Bertz CT molecular complexity index is 389. The van der Waals surface area contributed by atoms with Crippen molar-refractivity contribution in [2.75, 3.05) is 18.6 Å². The zero-order valence-corrected chi connectivity index (χ0v) is 14.7. The summed E-state index contributed by atoms with van der Waals surface area (Å²) in [6, 6.07) is 0.530. The molecule has 0 aromatic rings. The first kappa shape index (κ1) is 18.0. The first-order valence-electron chi connectivity index (χ1n) is 8.09. The summed E-state index contributed by atoms with van der Waals surface area (Å²) >= 11 is 0. The van der Waals surface area contributed by atoms with Crippen LogP contribution >= 0.6 is 0 Å². The van der Waals surface area contributed by atoms with E-state index < -0.39 is 9.84 Å². The first-order chi connectivity index (χ1) is 9.22. The first-order valence-corrected chi connectivity index (χ1v) is 9.91. The lowest BCUT2D eigenvalue weighted by atomic mass is 9.65. The maximum Gasteiger partial charge on any atom is 0.150 e. The van der Waals surface area contributed by atoms with Gasteiger partial charge in [-0.15, -0.1) is 0 Å². The van der Waals surface area contributed by atoms with Crippen LogP contribution in [0.25, 0.3) is 0 Å². The third-order valence-corrected chi connectivity index (χ3v) is 6.92. The third-order valence-electron chi connectivity index (χ3n) is 5.06. The van der Waals surface area contributed by atoms with E-state index in [1.165, 1.54) is 19.3 Å². The van der Waals surface area contributed by atoms with Crippen LogP contribution in [0.15, 0.2) is 0 Å². The topological polar surface area (TPSA) is 46.2 Å². The molecule has 0 aliphatic heterocycles.